The Morgan fingerprint density at radius 3 is 2.57 bits per heavy atom. The van der Waals surface area contributed by atoms with Crippen LogP contribution in [-0.4, -0.2) is 7.85 Å². The number of allylic oxidation sites excluding steroid dienone is 3. The lowest BCUT2D eigenvalue weighted by atomic mass is 9.85. The highest BCUT2D eigenvalue weighted by molar-refractivity contribution is 6.34. The molecule has 0 aliphatic carbocycles. The summed E-state index contributed by atoms with van der Waals surface area (Å²) in [5.74, 6) is 0. The molecule has 14 heavy (non-hydrogen) atoms. The van der Waals surface area contributed by atoms with Gasteiger partial charge in [-0.25, -0.2) is 0 Å². The number of rotatable bonds is 3. The van der Waals surface area contributed by atoms with Crippen molar-refractivity contribution in [1.29, 1.82) is 0 Å². The molecule has 0 spiro atoms. The summed E-state index contributed by atoms with van der Waals surface area (Å²) >= 11 is 0. The maximum atomic E-state index is 5.90. The topological polar surface area (TPSA) is 0 Å². The Morgan fingerprint density at radius 2 is 2.07 bits per heavy atom. The monoisotopic (exact) mass is 182 g/mol. The van der Waals surface area contributed by atoms with Crippen molar-refractivity contribution in [1.82, 2.24) is 0 Å². The molecule has 1 heteroatoms. The summed E-state index contributed by atoms with van der Waals surface area (Å²) in [5.41, 5.74) is 4.42. The van der Waals surface area contributed by atoms with Crippen molar-refractivity contribution in [2.75, 3.05) is 0 Å². The molecule has 1 aromatic carbocycles. The zero-order chi connectivity index (χ0) is 10.6. The van der Waals surface area contributed by atoms with E-state index >= 15 is 0 Å². The van der Waals surface area contributed by atoms with E-state index in [1.54, 1.807) is 0 Å². The summed E-state index contributed by atoms with van der Waals surface area (Å²) in [6.45, 7) is 8.02. The highest BCUT2D eigenvalue weighted by Crippen LogP contribution is 2.18. The summed E-state index contributed by atoms with van der Waals surface area (Å²) in [7, 11) is 5.90. The molecule has 0 atom stereocenters. The minimum Gasteiger partial charge on any atom is -0.0988 e. The molecular formula is C13H15B. The van der Waals surface area contributed by atoms with Gasteiger partial charge >= 0.3 is 0 Å². The summed E-state index contributed by atoms with van der Waals surface area (Å²) in [5, 5.41) is 0. The molecule has 0 fully saturated rings. The average Bonchev–Trinajstić information content (AvgIpc) is 2.20. The molecule has 0 nitrogen and oxygen atoms in total. The molecule has 0 aliphatic rings. The minimum absolute atomic E-state index is 0.831. The van der Waals surface area contributed by atoms with Crippen LogP contribution in [-0.2, 0) is 0 Å². The number of hydrogen-bond acceptors (Lipinski definition) is 0. The molecule has 1 rings (SSSR count). The second-order valence-electron chi connectivity index (χ2n) is 3.30. The van der Waals surface area contributed by atoms with E-state index in [4.69, 9.17) is 7.85 Å². The van der Waals surface area contributed by atoms with E-state index in [1.165, 1.54) is 11.1 Å². The molecule has 0 bridgehead atoms. The fourth-order valence-corrected chi connectivity index (χ4v) is 1.57. The van der Waals surface area contributed by atoms with Gasteiger partial charge in [0.1, 0.15) is 7.85 Å². The lowest BCUT2D eigenvalue weighted by molar-refractivity contribution is 1.15. The molecule has 0 aliphatic heterocycles. The van der Waals surface area contributed by atoms with Gasteiger partial charge in [-0.05, 0) is 30.1 Å². The van der Waals surface area contributed by atoms with E-state index in [2.05, 4.69) is 20.4 Å². The Hall–Kier alpha value is -1.24. The van der Waals surface area contributed by atoms with Crippen LogP contribution in [0.15, 0.2) is 42.5 Å². The molecule has 1 aromatic rings. The molecule has 0 saturated heterocycles. The Kier molecular flexibility index (Phi) is 3.76. The minimum atomic E-state index is 0.831. The van der Waals surface area contributed by atoms with Crippen LogP contribution >= 0.6 is 0 Å². The molecule has 0 heterocycles. The molecule has 0 aromatic heterocycles. The largest absolute Gasteiger partial charge is 0.114 e. The predicted octanol–water partition coefficient (Wildman–Crippen LogP) is 2.85. The molecule has 0 amide bonds. The highest BCUT2D eigenvalue weighted by atomic mass is 14.1. The summed E-state index contributed by atoms with van der Waals surface area (Å²) in [4.78, 5) is 0. The van der Waals surface area contributed by atoms with Gasteiger partial charge in [-0.3, -0.25) is 0 Å². The first-order valence-electron chi connectivity index (χ1n) is 4.87. The predicted molar refractivity (Wildman–Crippen MR) is 64.9 cm³/mol. The van der Waals surface area contributed by atoms with Crippen molar-refractivity contribution in [2.24, 2.45) is 0 Å². The smallest absolute Gasteiger partial charge is 0.0988 e. The molecule has 70 valence electrons. The maximum Gasteiger partial charge on any atom is 0.114 e. The van der Waals surface area contributed by atoms with Crippen LogP contribution in [0.25, 0.3) is 5.57 Å². The van der Waals surface area contributed by atoms with Crippen molar-refractivity contribution in [3.63, 3.8) is 0 Å². The van der Waals surface area contributed by atoms with Crippen LogP contribution < -0.4 is 5.46 Å². The fourth-order valence-electron chi connectivity index (χ4n) is 1.57. The Bertz CT molecular complexity index is 361. The van der Waals surface area contributed by atoms with E-state index in [-0.39, 0.29) is 0 Å². The second kappa shape index (κ2) is 4.85. The summed E-state index contributed by atoms with van der Waals surface area (Å²) in [6, 6.07) is 7.93. The average molecular weight is 182 g/mol. The maximum absolute atomic E-state index is 5.90. The van der Waals surface area contributed by atoms with Gasteiger partial charge in [-0.1, -0.05) is 49.3 Å². The van der Waals surface area contributed by atoms with Gasteiger partial charge in [0.05, 0.1) is 0 Å². The fraction of sp³-hybridized carbons (Fsp3) is 0.231. The first kappa shape index (κ1) is 10.8. The molecule has 2 radical (unpaired) electrons. The lowest BCUT2D eigenvalue weighted by Crippen LogP contribution is -2.08. The van der Waals surface area contributed by atoms with Gasteiger partial charge in [-0.2, -0.15) is 0 Å². The van der Waals surface area contributed by atoms with Crippen LogP contribution in [0.4, 0.5) is 0 Å². The van der Waals surface area contributed by atoms with Crippen LogP contribution in [0.5, 0.6) is 0 Å². The van der Waals surface area contributed by atoms with E-state index in [1.807, 2.05) is 30.3 Å². The van der Waals surface area contributed by atoms with Gasteiger partial charge in [0.2, 0.25) is 0 Å². The first-order chi connectivity index (χ1) is 6.70. The quantitative estimate of drug-likeness (QED) is 0.498. The van der Waals surface area contributed by atoms with Crippen molar-refractivity contribution in [3.8, 4) is 0 Å². The molecular weight excluding hydrogens is 167 g/mol. The molecule has 0 N–H and O–H groups in total. The molecule has 0 saturated carbocycles. The summed E-state index contributed by atoms with van der Waals surface area (Å²) < 4.78 is 0. The van der Waals surface area contributed by atoms with Crippen molar-refractivity contribution in [2.45, 2.75) is 20.3 Å². The second-order valence-corrected chi connectivity index (χ2v) is 3.30. The van der Waals surface area contributed by atoms with E-state index in [0.717, 1.165) is 17.4 Å². The van der Waals surface area contributed by atoms with Gasteiger partial charge in [0, 0.05) is 0 Å². The van der Waals surface area contributed by atoms with E-state index < -0.39 is 0 Å². The Labute approximate surface area is 87.8 Å². The standard InChI is InChI=1S/C13H15B/c1-4-11(5-2)10(3)12-8-6-7-9-13(12)14/h4,6-9H,1,5H2,2-3H3/b11-10-. The van der Waals surface area contributed by atoms with Crippen molar-refractivity contribution < 1.29 is 0 Å². The van der Waals surface area contributed by atoms with E-state index in [0.29, 0.717) is 0 Å². The molecule has 0 unspecified atom stereocenters. The van der Waals surface area contributed by atoms with Gasteiger partial charge in [-0.15, -0.1) is 0 Å². The normalized spacial score (nSPS) is 12.1. The number of benzene rings is 1. The van der Waals surface area contributed by atoms with Crippen molar-refractivity contribution in [3.05, 3.63) is 48.1 Å². The van der Waals surface area contributed by atoms with Crippen molar-refractivity contribution >= 4 is 18.9 Å². The van der Waals surface area contributed by atoms with Crippen LogP contribution in [0.3, 0.4) is 0 Å². The first-order valence-corrected chi connectivity index (χ1v) is 4.87. The summed E-state index contributed by atoms with van der Waals surface area (Å²) in [6.07, 6.45) is 2.89. The lowest BCUT2D eigenvalue weighted by Gasteiger charge is -2.09. The number of hydrogen-bond donors (Lipinski definition) is 0. The van der Waals surface area contributed by atoms with E-state index in [9.17, 15) is 0 Å². The third-order valence-electron chi connectivity index (χ3n) is 2.47. The SMILES string of the molecule is [B]c1ccccc1/C(C)=C(/C=C)CC. The third kappa shape index (κ3) is 2.17. The third-order valence-corrected chi connectivity index (χ3v) is 2.47. The highest BCUT2D eigenvalue weighted by Gasteiger charge is 2.02. The Morgan fingerprint density at radius 1 is 1.43 bits per heavy atom. The van der Waals surface area contributed by atoms with Gasteiger partial charge < -0.3 is 0 Å². The van der Waals surface area contributed by atoms with Gasteiger partial charge in [0.25, 0.3) is 0 Å². The zero-order valence-electron chi connectivity index (χ0n) is 8.88. The van der Waals surface area contributed by atoms with Crippen LogP contribution in [0.1, 0.15) is 25.8 Å². The van der Waals surface area contributed by atoms with Crippen LogP contribution in [0.2, 0.25) is 0 Å². The Balaban J connectivity index is 3.23. The zero-order valence-corrected chi connectivity index (χ0v) is 8.88. The van der Waals surface area contributed by atoms with Gasteiger partial charge in [0.15, 0.2) is 0 Å². The van der Waals surface area contributed by atoms with Crippen LogP contribution in [0, 0.1) is 0 Å².